The largest absolute Gasteiger partial charge is 0.352 e. The molecule has 4 nitrogen and oxygen atoms in total. The van der Waals surface area contributed by atoms with Gasteiger partial charge in [0.25, 0.3) is 0 Å². The van der Waals surface area contributed by atoms with E-state index in [1.807, 2.05) is 20.8 Å². The Kier molecular flexibility index (Phi) is 3.37. The lowest BCUT2D eigenvalue weighted by molar-refractivity contribution is -0.141. The van der Waals surface area contributed by atoms with E-state index in [-0.39, 0.29) is 18.4 Å². The van der Waals surface area contributed by atoms with Crippen LogP contribution >= 0.6 is 0 Å². The molecule has 1 N–H and O–H groups in total. The van der Waals surface area contributed by atoms with Crippen LogP contribution in [-0.4, -0.2) is 36.3 Å². The zero-order valence-corrected chi connectivity index (χ0v) is 9.96. The van der Waals surface area contributed by atoms with Crippen LogP contribution in [-0.2, 0) is 9.59 Å². The number of nitrogens with one attached hydrogen (secondary N) is 1. The molecule has 15 heavy (non-hydrogen) atoms. The van der Waals surface area contributed by atoms with Crippen molar-refractivity contribution in [1.82, 2.24) is 10.2 Å². The topological polar surface area (TPSA) is 49.4 Å². The van der Waals surface area contributed by atoms with E-state index in [0.29, 0.717) is 6.04 Å². The van der Waals surface area contributed by atoms with Gasteiger partial charge < -0.3 is 10.2 Å². The fourth-order valence-electron chi connectivity index (χ4n) is 1.36. The second-order valence-corrected chi connectivity index (χ2v) is 5.25. The van der Waals surface area contributed by atoms with E-state index >= 15 is 0 Å². The van der Waals surface area contributed by atoms with Crippen molar-refractivity contribution in [2.24, 2.45) is 5.41 Å². The van der Waals surface area contributed by atoms with Crippen LogP contribution < -0.4 is 5.32 Å². The molecule has 0 unspecified atom stereocenters. The van der Waals surface area contributed by atoms with Crippen LogP contribution in [0.15, 0.2) is 0 Å². The van der Waals surface area contributed by atoms with Crippen LogP contribution in [0.5, 0.6) is 0 Å². The number of rotatable bonds is 3. The monoisotopic (exact) mass is 212 g/mol. The first kappa shape index (κ1) is 12.0. The summed E-state index contributed by atoms with van der Waals surface area (Å²) >= 11 is 0. The molecule has 0 radical (unpaired) electrons. The minimum absolute atomic E-state index is 0.00607. The Hall–Kier alpha value is -1.06. The van der Waals surface area contributed by atoms with E-state index in [4.69, 9.17) is 0 Å². The third-order valence-electron chi connectivity index (χ3n) is 2.31. The van der Waals surface area contributed by atoms with Gasteiger partial charge in [0.2, 0.25) is 11.8 Å². The molecule has 0 aliphatic heterocycles. The Morgan fingerprint density at radius 2 is 1.87 bits per heavy atom. The maximum atomic E-state index is 11.7. The molecule has 86 valence electrons. The summed E-state index contributed by atoms with van der Waals surface area (Å²) in [6.45, 7) is 5.71. The number of hydrogen-bond donors (Lipinski definition) is 1. The first-order valence-corrected chi connectivity index (χ1v) is 5.35. The highest BCUT2D eigenvalue weighted by molar-refractivity contribution is 5.87. The van der Waals surface area contributed by atoms with Gasteiger partial charge in [0.05, 0.1) is 6.54 Å². The SMILES string of the molecule is CN(CC(=O)NC1CC1)C(=O)C(C)(C)C. The van der Waals surface area contributed by atoms with Crippen molar-refractivity contribution in [3.05, 3.63) is 0 Å². The average molecular weight is 212 g/mol. The minimum atomic E-state index is -0.422. The number of amides is 2. The molecule has 2 amide bonds. The van der Waals surface area contributed by atoms with Gasteiger partial charge in [-0.05, 0) is 12.8 Å². The lowest BCUT2D eigenvalue weighted by atomic mass is 9.95. The molecule has 0 aromatic carbocycles. The zero-order chi connectivity index (χ0) is 11.6. The van der Waals surface area contributed by atoms with Gasteiger partial charge >= 0.3 is 0 Å². The summed E-state index contributed by atoms with van der Waals surface area (Å²) in [6, 6.07) is 0.357. The minimum Gasteiger partial charge on any atom is -0.352 e. The van der Waals surface area contributed by atoms with Crippen LogP contribution in [0.2, 0.25) is 0 Å². The van der Waals surface area contributed by atoms with Crippen molar-refractivity contribution in [3.8, 4) is 0 Å². The summed E-state index contributed by atoms with van der Waals surface area (Å²) in [5, 5.41) is 2.86. The van der Waals surface area contributed by atoms with Crippen LogP contribution in [0.3, 0.4) is 0 Å². The Bertz CT molecular complexity index is 264. The lowest BCUT2D eigenvalue weighted by Crippen LogP contribution is -2.43. The van der Waals surface area contributed by atoms with E-state index in [0.717, 1.165) is 12.8 Å². The van der Waals surface area contributed by atoms with Crippen molar-refractivity contribution < 1.29 is 9.59 Å². The van der Waals surface area contributed by atoms with Crippen molar-refractivity contribution in [3.63, 3.8) is 0 Å². The smallest absolute Gasteiger partial charge is 0.239 e. The van der Waals surface area contributed by atoms with Crippen molar-refractivity contribution in [1.29, 1.82) is 0 Å². The summed E-state index contributed by atoms with van der Waals surface area (Å²) in [4.78, 5) is 24.7. The van der Waals surface area contributed by atoms with Crippen LogP contribution in [0.1, 0.15) is 33.6 Å². The highest BCUT2D eigenvalue weighted by Crippen LogP contribution is 2.19. The summed E-state index contributed by atoms with van der Waals surface area (Å²) in [5.74, 6) is -0.0638. The van der Waals surface area contributed by atoms with Crippen molar-refractivity contribution in [2.45, 2.75) is 39.7 Å². The molecule has 0 aromatic heterocycles. The van der Waals surface area contributed by atoms with Gasteiger partial charge in [0.15, 0.2) is 0 Å². The molecule has 4 heteroatoms. The normalized spacial score (nSPS) is 16.0. The predicted octanol–water partition coefficient (Wildman–Crippen LogP) is 0.769. The Morgan fingerprint density at radius 3 is 2.27 bits per heavy atom. The fraction of sp³-hybridized carbons (Fsp3) is 0.818. The highest BCUT2D eigenvalue weighted by Gasteiger charge is 2.28. The number of carbonyl (C=O) groups excluding carboxylic acids is 2. The van der Waals surface area contributed by atoms with Crippen molar-refractivity contribution in [2.75, 3.05) is 13.6 Å². The number of hydrogen-bond acceptors (Lipinski definition) is 2. The molecule has 1 aliphatic rings. The second kappa shape index (κ2) is 4.21. The van der Waals surface area contributed by atoms with Crippen LogP contribution in [0.4, 0.5) is 0 Å². The molecule has 1 rings (SSSR count). The highest BCUT2D eigenvalue weighted by atomic mass is 16.2. The quantitative estimate of drug-likeness (QED) is 0.751. The molecule has 0 heterocycles. The molecular formula is C11H20N2O2. The number of carbonyl (C=O) groups is 2. The molecule has 1 saturated carbocycles. The summed E-state index contributed by atoms with van der Waals surface area (Å²) in [6.07, 6.45) is 2.14. The van der Waals surface area contributed by atoms with E-state index in [2.05, 4.69) is 5.32 Å². The van der Waals surface area contributed by atoms with E-state index < -0.39 is 5.41 Å². The van der Waals surface area contributed by atoms with Crippen LogP contribution in [0, 0.1) is 5.41 Å². The van der Waals surface area contributed by atoms with Gasteiger partial charge in [-0.25, -0.2) is 0 Å². The van der Waals surface area contributed by atoms with Gasteiger partial charge in [-0.2, -0.15) is 0 Å². The zero-order valence-electron chi connectivity index (χ0n) is 9.96. The van der Waals surface area contributed by atoms with Crippen molar-refractivity contribution >= 4 is 11.8 Å². The van der Waals surface area contributed by atoms with Gasteiger partial charge in [-0.3, -0.25) is 9.59 Å². The number of nitrogens with zero attached hydrogens (tertiary/aromatic N) is 1. The Balaban J connectivity index is 2.36. The van der Waals surface area contributed by atoms with Gasteiger partial charge in [0.1, 0.15) is 0 Å². The molecule has 0 spiro atoms. The van der Waals surface area contributed by atoms with E-state index in [1.165, 1.54) is 4.90 Å². The molecule has 1 fully saturated rings. The van der Waals surface area contributed by atoms with E-state index in [1.54, 1.807) is 7.05 Å². The summed E-state index contributed by atoms with van der Waals surface area (Å²) in [7, 11) is 1.67. The Morgan fingerprint density at radius 1 is 1.33 bits per heavy atom. The maximum absolute atomic E-state index is 11.7. The molecule has 0 saturated heterocycles. The summed E-state index contributed by atoms with van der Waals surface area (Å²) in [5.41, 5.74) is -0.422. The standard InChI is InChI=1S/C11H20N2O2/c1-11(2,3)10(15)13(4)7-9(14)12-8-5-6-8/h8H,5-7H2,1-4H3,(H,12,14). The molecule has 0 aromatic rings. The number of likely N-dealkylation sites (N-methyl/N-ethyl adjacent to an activating group) is 1. The van der Waals surface area contributed by atoms with E-state index in [9.17, 15) is 9.59 Å². The lowest BCUT2D eigenvalue weighted by Gasteiger charge is -2.25. The molecular weight excluding hydrogens is 192 g/mol. The fourth-order valence-corrected chi connectivity index (χ4v) is 1.36. The third kappa shape index (κ3) is 3.90. The first-order chi connectivity index (χ1) is 6.80. The average Bonchev–Trinajstić information content (AvgIpc) is 2.84. The first-order valence-electron chi connectivity index (χ1n) is 5.35. The van der Waals surface area contributed by atoms with Gasteiger partial charge in [-0.1, -0.05) is 20.8 Å². The second-order valence-electron chi connectivity index (χ2n) is 5.25. The van der Waals surface area contributed by atoms with Gasteiger partial charge in [-0.15, -0.1) is 0 Å². The molecule has 0 bridgehead atoms. The van der Waals surface area contributed by atoms with Crippen LogP contribution in [0.25, 0.3) is 0 Å². The summed E-state index contributed by atoms with van der Waals surface area (Å²) < 4.78 is 0. The maximum Gasteiger partial charge on any atom is 0.239 e. The molecule has 1 aliphatic carbocycles. The molecule has 0 atom stereocenters. The van der Waals surface area contributed by atoms with Gasteiger partial charge in [0, 0.05) is 18.5 Å². The predicted molar refractivity (Wildman–Crippen MR) is 58.3 cm³/mol. The third-order valence-corrected chi connectivity index (χ3v) is 2.31. The Labute approximate surface area is 91.0 Å².